The lowest BCUT2D eigenvalue weighted by Crippen LogP contribution is -1.92. The molecule has 6 heavy (non-hydrogen) atoms. The highest BCUT2D eigenvalue weighted by atomic mass is 16.5. The summed E-state index contributed by atoms with van der Waals surface area (Å²) in [6, 6.07) is 0. The van der Waals surface area contributed by atoms with Crippen molar-refractivity contribution in [1.29, 1.82) is 0 Å². The third kappa shape index (κ3) is 0.430. The fraction of sp³-hybridized carbons (Fsp3) is 0. The van der Waals surface area contributed by atoms with Gasteiger partial charge < -0.3 is 4.52 Å². The summed E-state index contributed by atoms with van der Waals surface area (Å²) in [5, 5.41) is 3.32. The minimum atomic E-state index is 0.565. The predicted octanol–water partition coefficient (Wildman–Crippen LogP) is -0.532. The maximum atomic E-state index is 5.12. The Balaban J connectivity index is 3.05. The molecule has 0 aliphatic rings. The van der Waals surface area contributed by atoms with Gasteiger partial charge in [0.05, 0.1) is 6.20 Å². The number of rotatable bonds is 0. The number of hydrogen-bond acceptors (Lipinski definition) is 2. The van der Waals surface area contributed by atoms with Crippen LogP contribution in [0.4, 0.5) is 0 Å². The fourth-order valence-electron chi connectivity index (χ4n) is 0.213. The van der Waals surface area contributed by atoms with Crippen molar-refractivity contribution in [1.82, 2.24) is 5.16 Å². The van der Waals surface area contributed by atoms with E-state index in [0.29, 0.717) is 5.46 Å². The Labute approximate surface area is 36.5 Å². The average Bonchev–Trinajstić information content (AvgIpc) is 1.86. The van der Waals surface area contributed by atoms with Crippen molar-refractivity contribution in [2.24, 2.45) is 0 Å². The molecule has 0 unspecified atom stereocenters. The Morgan fingerprint density at radius 3 is 2.83 bits per heavy atom. The van der Waals surface area contributed by atoms with Crippen molar-refractivity contribution in [3.8, 4) is 0 Å². The van der Waals surface area contributed by atoms with Crippen LogP contribution in [0.15, 0.2) is 17.0 Å². The zero-order chi connectivity index (χ0) is 4.41. The van der Waals surface area contributed by atoms with Crippen molar-refractivity contribution in [3.05, 3.63) is 12.5 Å². The van der Waals surface area contributed by atoms with Crippen LogP contribution >= 0.6 is 0 Å². The van der Waals surface area contributed by atoms with E-state index in [1.165, 1.54) is 12.5 Å². The molecule has 3 heteroatoms. The molecule has 0 aliphatic carbocycles. The Kier molecular flexibility index (Phi) is 0.672. The van der Waals surface area contributed by atoms with Crippen LogP contribution in [0.25, 0.3) is 0 Å². The van der Waals surface area contributed by atoms with Gasteiger partial charge in [0.1, 0.15) is 14.1 Å². The summed E-state index contributed by atoms with van der Waals surface area (Å²) in [5.41, 5.74) is 0.565. The molecule has 0 atom stereocenters. The second-order valence-corrected chi connectivity index (χ2v) is 0.958. The van der Waals surface area contributed by atoms with Crippen LogP contribution in [0.5, 0.6) is 0 Å². The first-order valence-electron chi connectivity index (χ1n) is 1.54. The molecule has 28 valence electrons. The number of aromatic nitrogens is 1. The van der Waals surface area contributed by atoms with Crippen molar-refractivity contribution >= 4 is 13.3 Å². The molecule has 0 saturated heterocycles. The molecule has 0 fully saturated rings. The first-order chi connectivity index (χ1) is 2.89. The highest BCUT2D eigenvalue weighted by Crippen LogP contribution is 1.67. The molecule has 0 saturated carbocycles. The van der Waals surface area contributed by atoms with E-state index in [9.17, 15) is 0 Å². The first-order valence-corrected chi connectivity index (χ1v) is 1.54. The highest BCUT2D eigenvalue weighted by Gasteiger charge is 1.77. The van der Waals surface area contributed by atoms with Gasteiger partial charge in [-0.1, -0.05) is 5.16 Å². The lowest BCUT2D eigenvalue weighted by molar-refractivity contribution is 0.420. The fourth-order valence-corrected chi connectivity index (χ4v) is 0.213. The molecule has 1 aromatic heterocycles. The van der Waals surface area contributed by atoms with Crippen LogP contribution in [0.3, 0.4) is 0 Å². The second kappa shape index (κ2) is 1.16. The van der Waals surface area contributed by atoms with Crippen LogP contribution in [-0.4, -0.2) is 13.0 Å². The molecule has 2 nitrogen and oxygen atoms in total. The van der Waals surface area contributed by atoms with E-state index in [1.807, 2.05) is 0 Å². The lowest BCUT2D eigenvalue weighted by atomic mass is 10.0. The van der Waals surface area contributed by atoms with Gasteiger partial charge in [-0.25, -0.2) is 0 Å². The average molecular weight is 78.9 g/mol. The van der Waals surface area contributed by atoms with Gasteiger partial charge >= 0.3 is 0 Å². The van der Waals surface area contributed by atoms with E-state index >= 15 is 0 Å². The molecule has 0 aliphatic heterocycles. The van der Waals surface area contributed by atoms with E-state index in [0.717, 1.165) is 0 Å². The lowest BCUT2D eigenvalue weighted by Gasteiger charge is -1.59. The quantitative estimate of drug-likeness (QED) is 0.390. The Morgan fingerprint density at radius 1 is 1.83 bits per heavy atom. The van der Waals surface area contributed by atoms with Crippen LogP contribution in [-0.2, 0) is 0 Å². The van der Waals surface area contributed by atoms with Crippen molar-refractivity contribution in [2.45, 2.75) is 0 Å². The summed E-state index contributed by atoms with van der Waals surface area (Å²) in [5.74, 6) is 0. The van der Waals surface area contributed by atoms with E-state index in [-0.39, 0.29) is 0 Å². The van der Waals surface area contributed by atoms with Gasteiger partial charge in [0, 0.05) is 0 Å². The SMILES string of the molecule is [B]c1cnoc1. The smallest absolute Gasteiger partial charge is 0.120 e. The second-order valence-electron chi connectivity index (χ2n) is 0.958. The topological polar surface area (TPSA) is 26.0 Å². The summed E-state index contributed by atoms with van der Waals surface area (Å²) in [6.07, 6.45) is 2.82. The predicted molar refractivity (Wildman–Crippen MR) is 21.9 cm³/mol. The summed E-state index contributed by atoms with van der Waals surface area (Å²) in [4.78, 5) is 0. The maximum Gasteiger partial charge on any atom is 0.120 e. The van der Waals surface area contributed by atoms with Crippen LogP contribution < -0.4 is 5.46 Å². The molecule has 2 radical (unpaired) electrons. The van der Waals surface area contributed by atoms with Gasteiger partial charge in [0.2, 0.25) is 0 Å². The van der Waals surface area contributed by atoms with E-state index in [1.54, 1.807) is 0 Å². The summed E-state index contributed by atoms with van der Waals surface area (Å²) in [7, 11) is 5.12. The zero-order valence-corrected chi connectivity index (χ0v) is 3.09. The Bertz CT molecular complexity index is 114. The molecule has 1 heterocycles. The monoisotopic (exact) mass is 79.0 g/mol. The standard InChI is InChI=1S/C3H2BNO/c4-3-1-5-6-2-3/h1-2H. The molecule has 1 aromatic rings. The van der Waals surface area contributed by atoms with Gasteiger partial charge in [-0.3, -0.25) is 0 Å². The van der Waals surface area contributed by atoms with E-state index in [4.69, 9.17) is 7.85 Å². The van der Waals surface area contributed by atoms with Crippen LogP contribution in [0.1, 0.15) is 0 Å². The first kappa shape index (κ1) is 3.46. The molecular formula is C3H2BNO. The maximum absolute atomic E-state index is 5.12. The Hall–Kier alpha value is -0.725. The van der Waals surface area contributed by atoms with Gasteiger partial charge in [0.25, 0.3) is 0 Å². The van der Waals surface area contributed by atoms with E-state index < -0.39 is 0 Å². The normalized spacial score (nSPS) is 8.67. The molecule has 0 spiro atoms. The molecule has 1 rings (SSSR count). The minimum Gasteiger partial charge on any atom is -0.365 e. The van der Waals surface area contributed by atoms with Crippen LogP contribution in [0.2, 0.25) is 0 Å². The van der Waals surface area contributed by atoms with Crippen LogP contribution in [0, 0.1) is 0 Å². The van der Waals surface area contributed by atoms with Gasteiger partial charge in [0.15, 0.2) is 0 Å². The molecule has 0 N–H and O–H groups in total. The summed E-state index contributed by atoms with van der Waals surface area (Å²) < 4.78 is 4.34. The highest BCUT2D eigenvalue weighted by molar-refractivity contribution is 6.31. The van der Waals surface area contributed by atoms with E-state index in [2.05, 4.69) is 9.68 Å². The third-order valence-electron chi connectivity index (χ3n) is 0.451. The number of hydrogen-bond donors (Lipinski definition) is 0. The number of nitrogens with zero attached hydrogens (tertiary/aromatic N) is 1. The molecule has 0 amide bonds. The van der Waals surface area contributed by atoms with Crippen molar-refractivity contribution in [3.63, 3.8) is 0 Å². The molecule has 0 bridgehead atoms. The molecular weight excluding hydrogens is 76.9 g/mol. The summed E-state index contributed by atoms with van der Waals surface area (Å²) in [6.45, 7) is 0. The minimum absolute atomic E-state index is 0.565. The largest absolute Gasteiger partial charge is 0.365 e. The summed E-state index contributed by atoms with van der Waals surface area (Å²) >= 11 is 0. The Morgan fingerprint density at radius 2 is 2.67 bits per heavy atom. The van der Waals surface area contributed by atoms with Gasteiger partial charge in [-0.05, 0) is 5.46 Å². The molecule has 0 aromatic carbocycles. The van der Waals surface area contributed by atoms with Gasteiger partial charge in [-0.2, -0.15) is 0 Å². The van der Waals surface area contributed by atoms with Crippen molar-refractivity contribution < 1.29 is 4.52 Å². The van der Waals surface area contributed by atoms with Crippen molar-refractivity contribution in [2.75, 3.05) is 0 Å². The third-order valence-corrected chi connectivity index (χ3v) is 0.451. The van der Waals surface area contributed by atoms with Gasteiger partial charge in [-0.15, -0.1) is 0 Å². The zero-order valence-electron chi connectivity index (χ0n) is 3.09.